The lowest BCUT2D eigenvalue weighted by Crippen LogP contribution is -2.35. The van der Waals surface area contributed by atoms with Gasteiger partial charge in [-0.1, -0.05) is 12.1 Å². The summed E-state index contributed by atoms with van der Waals surface area (Å²) >= 11 is 1.51. The van der Waals surface area contributed by atoms with E-state index in [9.17, 15) is 14.0 Å². The lowest BCUT2D eigenvalue weighted by Gasteiger charge is -2.25. The number of rotatable bonds is 4. The topological polar surface area (TPSA) is 40.6 Å². The maximum absolute atomic E-state index is 13.5. The number of amides is 2. The van der Waals surface area contributed by atoms with Crippen molar-refractivity contribution in [2.75, 3.05) is 19.6 Å². The summed E-state index contributed by atoms with van der Waals surface area (Å²) in [7, 11) is 0. The van der Waals surface area contributed by atoms with E-state index in [1.807, 2.05) is 17.9 Å². The van der Waals surface area contributed by atoms with Gasteiger partial charge < -0.3 is 9.80 Å². The first-order valence-electron chi connectivity index (χ1n) is 8.05. The van der Waals surface area contributed by atoms with E-state index in [1.54, 1.807) is 11.0 Å². The van der Waals surface area contributed by atoms with Crippen molar-refractivity contribution >= 4 is 23.6 Å². The van der Waals surface area contributed by atoms with Crippen LogP contribution in [0.15, 0.2) is 24.3 Å². The van der Waals surface area contributed by atoms with Crippen LogP contribution in [0.25, 0.3) is 0 Å². The lowest BCUT2D eigenvalue weighted by atomic mass is 10.2. The van der Waals surface area contributed by atoms with Crippen LogP contribution in [0.2, 0.25) is 0 Å². The molecule has 0 spiro atoms. The number of hydrogen-bond acceptors (Lipinski definition) is 3. The monoisotopic (exact) mass is 336 g/mol. The number of carbonyl (C=O) groups excluding carboxylic acids is 2. The van der Waals surface area contributed by atoms with Crippen molar-refractivity contribution in [2.24, 2.45) is 0 Å². The number of halogens is 1. The molecule has 0 aliphatic carbocycles. The Morgan fingerprint density at radius 2 is 2.09 bits per heavy atom. The smallest absolute Gasteiger partial charge is 0.236 e. The third kappa shape index (κ3) is 3.52. The average Bonchev–Trinajstić information content (AvgIpc) is 3.15. The molecular formula is C17H21FN2O2S. The number of nitrogens with zero attached hydrogens (tertiary/aromatic N) is 2. The van der Waals surface area contributed by atoms with E-state index in [-0.39, 0.29) is 28.3 Å². The second kappa shape index (κ2) is 6.91. The molecule has 2 heterocycles. The fraction of sp³-hybridized carbons (Fsp3) is 0.529. The molecule has 0 aromatic heterocycles. The Labute approximate surface area is 140 Å². The molecule has 0 N–H and O–H groups in total. The molecule has 2 saturated heterocycles. The Bertz CT molecular complexity index is 604. The summed E-state index contributed by atoms with van der Waals surface area (Å²) in [5.41, 5.74) is 0.779. The normalized spacial score (nSPS) is 24.5. The molecule has 1 aromatic rings. The minimum absolute atomic E-state index is 0.0264. The molecule has 0 radical (unpaired) electrons. The van der Waals surface area contributed by atoms with Crippen LogP contribution in [-0.4, -0.2) is 46.5 Å². The van der Waals surface area contributed by atoms with Gasteiger partial charge in [0.05, 0.1) is 5.25 Å². The Kier molecular flexibility index (Phi) is 4.90. The Balaban J connectivity index is 1.69. The van der Waals surface area contributed by atoms with Crippen molar-refractivity contribution in [1.82, 2.24) is 9.80 Å². The highest BCUT2D eigenvalue weighted by atomic mass is 32.2. The minimum Gasteiger partial charge on any atom is -0.343 e. The van der Waals surface area contributed by atoms with Crippen LogP contribution < -0.4 is 0 Å². The van der Waals surface area contributed by atoms with Gasteiger partial charge >= 0.3 is 0 Å². The van der Waals surface area contributed by atoms with Crippen LogP contribution in [0.4, 0.5) is 4.39 Å². The number of benzene rings is 1. The van der Waals surface area contributed by atoms with Crippen molar-refractivity contribution in [3.8, 4) is 0 Å². The molecule has 6 heteroatoms. The summed E-state index contributed by atoms with van der Waals surface area (Å²) < 4.78 is 13.5. The van der Waals surface area contributed by atoms with Crippen LogP contribution in [0.3, 0.4) is 0 Å². The van der Waals surface area contributed by atoms with Gasteiger partial charge in [-0.2, -0.15) is 0 Å². The molecule has 3 rings (SSSR count). The molecule has 0 saturated carbocycles. The van der Waals surface area contributed by atoms with E-state index in [1.165, 1.54) is 23.9 Å². The Morgan fingerprint density at radius 1 is 1.35 bits per heavy atom. The van der Waals surface area contributed by atoms with Gasteiger partial charge in [-0.15, -0.1) is 11.8 Å². The molecule has 0 bridgehead atoms. The molecule has 2 amide bonds. The first-order chi connectivity index (χ1) is 11.1. The van der Waals surface area contributed by atoms with E-state index in [2.05, 4.69) is 0 Å². The molecule has 124 valence electrons. The first-order valence-corrected chi connectivity index (χ1v) is 9.00. The summed E-state index contributed by atoms with van der Waals surface area (Å²) in [6.07, 6.45) is 2.46. The zero-order valence-corrected chi connectivity index (χ0v) is 14.0. The van der Waals surface area contributed by atoms with Gasteiger partial charge in [0.15, 0.2) is 0 Å². The summed E-state index contributed by atoms with van der Waals surface area (Å²) in [6, 6.07) is 6.36. The minimum atomic E-state index is -0.303. The number of hydrogen-bond donors (Lipinski definition) is 0. The van der Waals surface area contributed by atoms with E-state index in [0.717, 1.165) is 31.5 Å². The van der Waals surface area contributed by atoms with Crippen LogP contribution in [0.5, 0.6) is 0 Å². The van der Waals surface area contributed by atoms with Gasteiger partial charge in [0, 0.05) is 26.1 Å². The quantitative estimate of drug-likeness (QED) is 0.849. The molecule has 2 unspecified atom stereocenters. The van der Waals surface area contributed by atoms with Crippen molar-refractivity contribution in [3.63, 3.8) is 0 Å². The number of likely N-dealkylation sites (tertiary alicyclic amines) is 1. The zero-order valence-electron chi connectivity index (χ0n) is 13.2. The first kappa shape index (κ1) is 16.3. The Hall–Kier alpha value is -1.56. The van der Waals surface area contributed by atoms with Crippen LogP contribution in [0, 0.1) is 5.82 Å². The summed E-state index contributed by atoms with van der Waals surface area (Å²) in [5, 5.41) is -0.371. The van der Waals surface area contributed by atoms with E-state index < -0.39 is 0 Å². The van der Waals surface area contributed by atoms with Crippen molar-refractivity contribution in [1.29, 1.82) is 0 Å². The standard InChI is InChI=1S/C17H21FN2O2S/c1-12-16(22)20(10-7-15(21)19-8-2-3-9-19)17(23-12)13-5-4-6-14(18)11-13/h4-6,11-12,17H,2-3,7-10H2,1H3. The summed E-state index contributed by atoms with van der Waals surface area (Å²) in [5.74, 6) is -0.167. The van der Waals surface area contributed by atoms with Gasteiger partial charge in [0.2, 0.25) is 11.8 Å². The Morgan fingerprint density at radius 3 is 2.78 bits per heavy atom. The summed E-state index contributed by atoms with van der Waals surface area (Å²) in [4.78, 5) is 28.2. The third-order valence-electron chi connectivity index (χ3n) is 4.41. The molecule has 2 atom stereocenters. The van der Waals surface area contributed by atoms with Gasteiger partial charge in [0.25, 0.3) is 0 Å². The predicted octanol–water partition coefficient (Wildman–Crippen LogP) is 2.80. The molecular weight excluding hydrogens is 315 g/mol. The third-order valence-corrected chi connectivity index (χ3v) is 5.80. The number of thioether (sulfide) groups is 1. The van der Waals surface area contributed by atoms with Crippen molar-refractivity contribution < 1.29 is 14.0 Å². The lowest BCUT2D eigenvalue weighted by molar-refractivity contribution is -0.133. The van der Waals surface area contributed by atoms with Crippen molar-refractivity contribution in [2.45, 2.75) is 36.8 Å². The predicted molar refractivity (Wildman–Crippen MR) is 88.3 cm³/mol. The molecule has 2 aliphatic rings. The summed E-state index contributed by atoms with van der Waals surface area (Å²) in [6.45, 7) is 3.91. The second-order valence-corrected chi connectivity index (χ2v) is 7.48. The maximum Gasteiger partial charge on any atom is 0.236 e. The largest absolute Gasteiger partial charge is 0.343 e. The van der Waals surface area contributed by atoms with Crippen LogP contribution in [-0.2, 0) is 9.59 Å². The second-order valence-electron chi connectivity index (χ2n) is 6.06. The fourth-order valence-electron chi connectivity index (χ4n) is 3.16. The van der Waals surface area contributed by atoms with Gasteiger partial charge in [-0.3, -0.25) is 9.59 Å². The maximum atomic E-state index is 13.5. The highest BCUT2D eigenvalue weighted by molar-refractivity contribution is 8.01. The van der Waals surface area contributed by atoms with E-state index in [0.29, 0.717) is 13.0 Å². The van der Waals surface area contributed by atoms with Gasteiger partial charge in [0.1, 0.15) is 11.2 Å². The molecule has 23 heavy (non-hydrogen) atoms. The molecule has 2 aliphatic heterocycles. The molecule has 2 fully saturated rings. The van der Waals surface area contributed by atoms with Crippen molar-refractivity contribution in [3.05, 3.63) is 35.6 Å². The fourth-order valence-corrected chi connectivity index (χ4v) is 4.46. The van der Waals surface area contributed by atoms with E-state index >= 15 is 0 Å². The van der Waals surface area contributed by atoms with Gasteiger partial charge in [-0.05, 0) is 37.5 Å². The highest BCUT2D eigenvalue weighted by Gasteiger charge is 2.38. The molecule has 4 nitrogen and oxygen atoms in total. The van der Waals surface area contributed by atoms with Gasteiger partial charge in [-0.25, -0.2) is 4.39 Å². The zero-order chi connectivity index (χ0) is 16.4. The van der Waals surface area contributed by atoms with E-state index in [4.69, 9.17) is 0 Å². The van der Waals surface area contributed by atoms with Crippen LogP contribution in [0.1, 0.15) is 37.1 Å². The number of carbonyl (C=O) groups is 2. The van der Waals surface area contributed by atoms with Crippen LogP contribution >= 0.6 is 11.8 Å². The average molecular weight is 336 g/mol. The SMILES string of the molecule is CC1SC(c2cccc(F)c2)N(CCC(=O)N2CCCC2)C1=O. The highest BCUT2D eigenvalue weighted by Crippen LogP contribution is 2.43. The molecule has 1 aromatic carbocycles.